The van der Waals surface area contributed by atoms with E-state index in [1.165, 1.54) is 0 Å². The zero-order valence-corrected chi connectivity index (χ0v) is 26.9. The maximum absolute atomic E-state index is 13.1. The Morgan fingerprint density at radius 1 is 1.13 bits per heavy atom. The van der Waals surface area contributed by atoms with Crippen molar-refractivity contribution >= 4 is 62.4 Å². The van der Waals surface area contributed by atoms with E-state index in [-0.39, 0.29) is 23.6 Å². The molecule has 5 aromatic rings. The normalized spacial score (nSPS) is 20.2. The average Bonchev–Trinajstić information content (AvgIpc) is 3.78. The van der Waals surface area contributed by atoms with Gasteiger partial charge in [0.1, 0.15) is 23.0 Å². The molecule has 13 heteroatoms. The van der Waals surface area contributed by atoms with E-state index in [1.54, 1.807) is 10.6 Å². The smallest absolute Gasteiger partial charge is 0.326 e. The molecular formula is C34H37ClN6O6. The number of likely N-dealkylation sites (tertiary alicyclic amines) is 1. The Labute approximate surface area is 275 Å². The summed E-state index contributed by atoms with van der Waals surface area (Å²) in [5, 5.41) is 11.2. The van der Waals surface area contributed by atoms with Crippen LogP contribution in [0.1, 0.15) is 50.9 Å². The number of aromatic amines is 1. The molecule has 12 nitrogen and oxygen atoms in total. The predicted molar refractivity (Wildman–Crippen MR) is 178 cm³/mol. The van der Waals surface area contributed by atoms with Crippen LogP contribution in [0, 0.1) is 5.92 Å². The molecule has 1 amide bonds. The van der Waals surface area contributed by atoms with E-state index in [0.717, 1.165) is 22.8 Å². The number of benzene rings is 2. The lowest BCUT2D eigenvalue weighted by molar-refractivity contribution is -0.138. The summed E-state index contributed by atoms with van der Waals surface area (Å²) in [6.07, 6.45) is 3.39. The lowest BCUT2D eigenvalue weighted by Gasteiger charge is -2.37. The van der Waals surface area contributed by atoms with Crippen molar-refractivity contribution < 1.29 is 23.8 Å². The quantitative estimate of drug-likeness (QED) is 0.194. The number of nitrogens with one attached hydrogen (secondary N) is 1. The number of carboxylic acid groups (broad SMARTS) is 1. The number of amides is 1. The van der Waals surface area contributed by atoms with Crippen molar-refractivity contribution in [3.63, 3.8) is 0 Å². The largest absolute Gasteiger partial charge is 0.480 e. The van der Waals surface area contributed by atoms with Gasteiger partial charge in [0.25, 0.3) is 0 Å². The van der Waals surface area contributed by atoms with Gasteiger partial charge in [-0.15, -0.1) is 0 Å². The number of carboxylic acids is 1. The van der Waals surface area contributed by atoms with Crippen LogP contribution in [0.4, 0.5) is 5.82 Å². The third kappa shape index (κ3) is 6.07. The monoisotopic (exact) mass is 660 g/mol. The van der Waals surface area contributed by atoms with Gasteiger partial charge >= 0.3 is 11.7 Å². The SMILES string of the molecule is C[C@H]1CN(C(=O)CCCOCCc2nc(N3CCC[C@H]3C(=O)O)c3oc4ccccc4c3n2)CC[C@@H]1n1c(=O)[nH]c2ccc(Cl)cc21. The number of rotatable bonds is 10. The standard InChI is InChI=1S/C34H37ClN6O6/c1-20-19-39(15-12-24(20)41-26-18-21(35)10-11-23(26)36-34(41)45)29(42)9-5-16-46-17-13-28-37-30-22-6-2-3-8-27(22)47-31(30)32(38-28)40-14-4-7-25(40)33(43)44/h2-3,6,8,10-11,18,20,24-25H,4-5,7,9,12-17,19H2,1H3,(H,36,45)(H,43,44)/t20-,24-,25-/m0/s1. The van der Waals surface area contributed by atoms with Gasteiger partial charge in [0, 0.05) is 55.5 Å². The number of para-hydroxylation sites is 1. The van der Waals surface area contributed by atoms with Crippen molar-refractivity contribution in [1.82, 2.24) is 24.4 Å². The number of piperidine rings is 1. The third-order valence-corrected chi connectivity index (χ3v) is 9.67. The highest BCUT2D eigenvalue weighted by Crippen LogP contribution is 2.36. The number of fused-ring (bicyclic) bond motifs is 4. The zero-order chi connectivity index (χ0) is 32.7. The fourth-order valence-corrected chi connectivity index (χ4v) is 7.29. The van der Waals surface area contributed by atoms with Gasteiger partial charge in [-0.1, -0.05) is 30.7 Å². The first-order chi connectivity index (χ1) is 22.8. The van der Waals surface area contributed by atoms with Crippen LogP contribution in [-0.4, -0.2) is 80.3 Å². The van der Waals surface area contributed by atoms with E-state index >= 15 is 0 Å². The Morgan fingerprint density at radius 2 is 1.98 bits per heavy atom. The lowest BCUT2D eigenvalue weighted by atomic mass is 9.93. The van der Waals surface area contributed by atoms with Crippen molar-refractivity contribution in [2.75, 3.05) is 37.7 Å². The highest BCUT2D eigenvalue weighted by atomic mass is 35.5. The summed E-state index contributed by atoms with van der Waals surface area (Å²) < 4.78 is 13.8. The Kier molecular flexibility index (Phi) is 8.63. The molecule has 2 aliphatic rings. The number of carbonyl (C=O) groups excluding carboxylic acids is 1. The third-order valence-electron chi connectivity index (χ3n) is 9.43. The Hall–Kier alpha value is -4.42. The molecule has 0 aliphatic carbocycles. The second kappa shape index (κ2) is 13.0. The average molecular weight is 661 g/mol. The zero-order valence-electron chi connectivity index (χ0n) is 26.2. The molecule has 3 aromatic heterocycles. The van der Waals surface area contributed by atoms with Crippen LogP contribution in [0.25, 0.3) is 33.1 Å². The summed E-state index contributed by atoms with van der Waals surface area (Å²) in [6.45, 7) is 4.60. The first-order valence-electron chi connectivity index (χ1n) is 16.2. The number of ether oxygens (including phenoxy) is 1. The van der Waals surface area contributed by atoms with Crippen LogP contribution in [0.15, 0.2) is 51.7 Å². The second-order valence-corrected chi connectivity index (χ2v) is 13.0. The van der Waals surface area contributed by atoms with Crippen LogP contribution in [0.5, 0.6) is 0 Å². The van der Waals surface area contributed by atoms with Crippen molar-refractivity contribution in [2.45, 2.75) is 57.5 Å². The molecule has 0 unspecified atom stereocenters. The summed E-state index contributed by atoms with van der Waals surface area (Å²) in [5.41, 5.74) is 3.23. The number of imidazole rings is 1. The van der Waals surface area contributed by atoms with Crippen molar-refractivity contribution in [3.05, 3.63) is 63.8 Å². The number of aliphatic carboxylic acids is 1. The molecule has 2 N–H and O–H groups in total. The molecule has 2 aromatic carbocycles. The molecule has 2 saturated heterocycles. The summed E-state index contributed by atoms with van der Waals surface area (Å²) in [6, 6.07) is 12.3. The van der Waals surface area contributed by atoms with Gasteiger partial charge in [-0.05, 0) is 61.9 Å². The van der Waals surface area contributed by atoms with E-state index in [9.17, 15) is 19.5 Å². The highest BCUT2D eigenvalue weighted by Gasteiger charge is 2.34. The maximum Gasteiger partial charge on any atom is 0.326 e. The summed E-state index contributed by atoms with van der Waals surface area (Å²) >= 11 is 6.21. The molecule has 3 atom stereocenters. The van der Waals surface area contributed by atoms with Gasteiger partial charge in [0.2, 0.25) is 5.91 Å². The van der Waals surface area contributed by atoms with Gasteiger partial charge in [0.15, 0.2) is 11.4 Å². The van der Waals surface area contributed by atoms with E-state index in [4.69, 9.17) is 30.7 Å². The first-order valence-corrected chi connectivity index (χ1v) is 16.6. The van der Waals surface area contributed by atoms with Crippen molar-refractivity contribution in [3.8, 4) is 0 Å². The van der Waals surface area contributed by atoms with E-state index < -0.39 is 12.0 Å². The molecule has 0 radical (unpaired) electrons. The van der Waals surface area contributed by atoms with Gasteiger partial charge < -0.3 is 29.0 Å². The molecule has 5 heterocycles. The van der Waals surface area contributed by atoms with Gasteiger partial charge in [-0.25, -0.2) is 19.6 Å². The Balaban J connectivity index is 0.935. The first kappa shape index (κ1) is 31.2. The minimum Gasteiger partial charge on any atom is -0.480 e. The van der Waals surface area contributed by atoms with E-state index in [0.29, 0.717) is 98.3 Å². The predicted octanol–water partition coefficient (Wildman–Crippen LogP) is 5.17. The van der Waals surface area contributed by atoms with Crippen LogP contribution in [0.2, 0.25) is 5.02 Å². The second-order valence-electron chi connectivity index (χ2n) is 12.5. The molecule has 0 spiro atoms. The van der Waals surface area contributed by atoms with Crippen LogP contribution in [-0.2, 0) is 20.7 Å². The fourth-order valence-electron chi connectivity index (χ4n) is 7.12. The van der Waals surface area contributed by atoms with Crippen molar-refractivity contribution in [1.29, 1.82) is 0 Å². The summed E-state index contributed by atoms with van der Waals surface area (Å²) in [7, 11) is 0. The number of aromatic nitrogens is 4. The van der Waals surface area contributed by atoms with Gasteiger partial charge in [-0.2, -0.15) is 0 Å². The summed E-state index contributed by atoms with van der Waals surface area (Å²) in [4.78, 5) is 54.0. The molecule has 246 valence electrons. The molecule has 2 fully saturated rings. The number of hydrogen-bond donors (Lipinski definition) is 2. The number of anilines is 1. The maximum atomic E-state index is 13.1. The van der Waals surface area contributed by atoms with Crippen molar-refractivity contribution in [2.24, 2.45) is 5.92 Å². The van der Waals surface area contributed by atoms with Crippen LogP contribution < -0.4 is 10.6 Å². The van der Waals surface area contributed by atoms with Gasteiger partial charge in [0.05, 0.1) is 17.6 Å². The van der Waals surface area contributed by atoms with Gasteiger partial charge in [-0.3, -0.25) is 9.36 Å². The highest BCUT2D eigenvalue weighted by molar-refractivity contribution is 6.31. The number of nitrogens with zero attached hydrogens (tertiary/aromatic N) is 5. The minimum atomic E-state index is -0.876. The lowest BCUT2D eigenvalue weighted by Crippen LogP contribution is -2.45. The molecular weight excluding hydrogens is 624 g/mol. The molecule has 0 bridgehead atoms. The number of carbonyl (C=O) groups is 2. The summed E-state index contributed by atoms with van der Waals surface area (Å²) in [5.74, 6) is 0.365. The van der Waals surface area contributed by atoms with Crippen LogP contribution >= 0.6 is 11.6 Å². The minimum absolute atomic E-state index is 0.0235. The number of H-pyrrole nitrogens is 1. The topological polar surface area (TPSA) is 147 Å². The molecule has 7 rings (SSSR count). The number of hydrogen-bond acceptors (Lipinski definition) is 8. The van der Waals surface area contributed by atoms with E-state index in [1.807, 2.05) is 46.2 Å². The molecule has 0 saturated carbocycles. The van der Waals surface area contributed by atoms with E-state index in [2.05, 4.69) is 11.9 Å². The molecule has 2 aliphatic heterocycles. The fraction of sp³-hybridized carbons (Fsp3) is 0.441. The number of halogens is 1. The number of furan rings is 1. The Bertz CT molecular complexity index is 2020. The molecule has 47 heavy (non-hydrogen) atoms. The Morgan fingerprint density at radius 3 is 2.81 bits per heavy atom. The van der Waals surface area contributed by atoms with Crippen LogP contribution in [0.3, 0.4) is 0 Å².